The van der Waals surface area contributed by atoms with Crippen molar-refractivity contribution in [2.75, 3.05) is 5.32 Å². The molecule has 3 N–H and O–H groups in total. The summed E-state index contributed by atoms with van der Waals surface area (Å²) < 4.78 is 0. The van der Waals surface area contributed by atoms with Crippen molar-refractivity contribution < 1.29 is 19.8 Å². The Kier molecular flexibility index (Phi) is 4.81. The number of aliphatic hydroxyl groups is 1. The summed E-state index contributed by atoms with van der Waals surface area (Å²) in [6.07, 6.45) is 7.52. The molecule has 1 aromatic carbocycles. The monoisotopic (exact) mass is 423 g/mol. The minimum atomic E-state index is -0.826. The maximum atomic E-state index is 13.1. The lowest BCUT2D eigenvalue weighted by Gasteiger charge is -2.57. The Bertz CT molecular complexity index is 954. The molecule has 4 aliphatic rings. The van der Waals surface area contributed by atoms with E-state index in [1.54, 1.807) is 0 Å². The van der Waals surface area contributed by atoms with Gasteiger partial charge in [-0.15, -0.1) is 0 Å². The van der Waals surface area contributed by atoms with E-state index in [4.69, 9.17) is 0 Å². The van der Waals surface area contributed by atoms with Crippen LogP contribution in [0.2, 0.25) is 0 Å². The number of carbonyl (C=O) groups is 2. The molecule has 31 heavy (non-hydrogen) atoms. The van der Waals surface area contributed by atoms with Gasteiger partial charge in [0.1, 0.15) is 0 Å². The average Bonchev–Trinajstić information content (AvgIpc) is 3.06. The normalized spacial score (nSPS) is 41.5. The van der Waals surface area contributed by atoms with Gasteiger partial charge in [0.05, 0.1) is 17.6 Å². The minimum Gasteiger partial charge on any atom is -0.481 e. The third kappa shape index (κ3) is 3.07. The Morgan fingerprint density at radius 3 is 2.71 bits per heavy atom. The summed E-state index contributed by atoms with van der Waals surface area (Å²) in [5, 5.41) is 23.8. The van der Waals surface area contributed by atoms with Gasteiger partial charge in [-0.1, -0.05) is 30.7 Å². The van der Waals surface area contributed by atoms with E-state index in [-0.39, 0.29) is 35.2 Å². The standard InChI is InChI=1S/C26H33NO4/c1-25-11-9-16(28)13-15(25)7-8-17-19(25)10-12-26(2,24(30)31)20(17)14-22-23(29)18-5-3-4-6-21(18)27-22/h3-7,16-17,19-20,22,27-28H,8-14H2,1-2H3,(H,30,31). The van der Waals surface area contributed by atoms with Gasteiger partial charge in [0.25, 0.3) is 0 Å². The van der Waals surface area contributed by atoms with Crippen LogP contribution in [0.1, 0.15) is 69.2 Å². The smallest absolute Gasteiger partial charge is 0.309 e. The lowest BCUT2D eigenvalue weighted by atomic mass is 9.47. The van der Waals surface area contributed by atoms with E-state index >= 15 is 0 Å². The summed E-state index contributed by atoms with van der Waals surface area (Å²) in [4.78, 5) is 25.6. The van der Waals surface area contributed by atoms with Gasteiger partial charge >= 0.3 is 5.97 Å². The molecule has 7 atom stereocenters. The van der Waals surface area contributed by atoms with Gasteiger partial charge in [-0.05, 0) is 87.2 Å². The number of fused-ring (bicyclic) bond motifs is 4. The molecule has 5 rings (SSSR count). The van der Waals surface area contributed by atoms with Gasteiger partial charge in [-0.25, -0.2) is 0 Å². The molecule has 0 saturated heterocycles. The zero-order chi connectivity index (χ0) is 22.0. The highest BCUT2D eigenvalue weighted by Gasteiger charge is 2.57. The molecular formula is C26H33NO4. The number of anilines is 1. The summed E-state index contributed by atoms with van der Waals surface area (Å²) in [6.45, 7) is 4.23. The van der Waals surface area contributed by atoms with Gasteiger partial charge in [0.15, 0.2) is 5.78 Å². The highest BCUT2D eigenvalue weighted by Crippen LogP contribution is 2.62. The first kappa shape index (κ1) is 20.7. The lowest BCUT2D eigenvalue weighted by Crippen LogP contribution is -2.54. The van der Waals surface area contributed by atoms with E-state index in [1.807, 2.05) is 31.2 Å². The van der Waals surface area contributed by atoms with Gasteiger partial charge in [-0.3, -0.25) is 9.59 Å². The first-order valence-electron chi connectivity index (χ1n) is 11.7. The van der Waals surface area contributed by atoms with Crippen molar-refractivity contribution in [3.8, 4) is 0 Å². The van der Waals surface area contributed by atoms with E-state index in [0.717, 1.165) is 43.4 Å². The van der Waals surface area contributed by atoms with Crippen molar-refractivity contribution in [1.29, 1.82) is 0 Å². The summed E-state index contributed by atoms with van der Waals surface area (Å²) >= 11 is 0. The van der Waals surface area contributed by atoms with E-state index in [9.17, 15) is 19.8 Å². The number of rotatable bonds is 3. The predicted octanol–water partition coefficient (Wildman–Crippen LogP) is 4.67. The van der Waals surface area contributed by atoms with Gasteiger partial charge < -0.3 is 15.5 Å². The number of para-hydroxylation sites is 1. The van der Waals surface area contributed by atoms with E-state index in [0.29, 0.717) is 18.8 Å². The number of hydrogen-bond donors (Lipinski definition) is 3. The maximum absolute atomic E-state index is 13.1. The Morgan fingerprint density at radius 1 is 1.19 bits per heavy atom. The van der Waals surface area contributed by atoms with E-state index < -0.39 is 11.4 Å². The van der Waals surface area contributed by atoms with Crippen LogP contribution in [0.3, 0.4) is 0 Å². The number of allylic oxidation sites excluding steroid dienone is 1. The van der Waals surface area contributed by atoms with Crippen molar-refractivity contribution in [1.82, 2.24) is 0 Å². The number of aliphatic carboxylic acids is 1. The average molecular weight is 424 g/mol. The zero-order valence-corrected chi connectivity index (χ0v) is 18.4. The molecule has 2 fully saturated rings. The second-order valence-electron chi connectivity index (χ2n) is 10.8. The third-order valence-corrected chi connectivity index (χ3v) is 9.28. The van der Waals surface area contributed by atoms with Crippen molar-refractivity contribution in [2.45, 2.75) is 70.9 Å². The molecule has 0 radical (unpaired) electrons. The molecule has 2 saturated carbocycles. The number of aliphatic hydroxyl groups excluding tert-OH is 1. The number of carbonyl (C=O) groups excluding carboxylic acids is 1. The fourth-order valence-electron chi connectivity index (χ4n) is 7.35. The molecule has 166 valence electrons. The number of nitrogens with one attached hydrogen (secondary N) is 1. The second-order valence-corrected chi connectivity index (χ2v) is 10.8. The van der Waals surface area contributed by atoms with Crippen LogP contribution in [0.4, 0.5) is 5.69 Å². The molecule has 3 aliphatic carbocycles. The number of benzene rings is 1. The number of carboxylic acid groups (broad SMARTS) is 1. The Morgan fingerprint density at radius 2 is 1.97 bits per heavy atom. The van der Waals surface area contributed by atoms with Crippen LogP contribution in [0.5, 0.6) is 0 Å². The number of carboxylic acids is 1. The highest BCUT2D eigenvalue weighted by atomic mass is 16.4. The van der Waals surface area contributed by atoms with Gasteiger partial charge in [0.2, 0.25) is 0 Å². The fraction of sp³-hybridized carbons (Fsp3) is 0.615. The molecule has 5 nitrogen and oxygen atoms in total. The molecule has 0 spiro atoms. The second kappa shape index (κ2) is 7.19. The van der Waals surface area contributed by atoms with Gasteiger partial charge in [-0.2, -0.15) is 0 Å². The minimum absolute atomic E-state index is 0.0380. The molecule has 1 aromatic rings. The van der Waals surface area contributed by atoms with Crippen molar-refractivity contribution in [3.63, 3.8) is 0 Å². The first-order valence-corrected chi connectivity index (χ1v) is 11.7. The van der Waals surface area contributed by atoms with Crippen molar-refractivity contribution in [2.24, 2.45) is 28.6 Å². The van der Waals surface area contributed by atoms with Crippen LogP contribution in [0.15, 0.2) is 35.9 Å². The molecule has 1 aliphatic heterocycles. The lowest BCUT2D eigenvalue weighted by molar-refractivity contribution is -0.161. The zero-order valence-electron chi connectivity index (χ0n) is 18.4. The van der Waals surface area contributed by atoms with Crippen molar-refractivity contribution >= 4 is 17.4 Å². The molecule has 7 unspecified atom stereocenters. The van der Waals surface area contributed by atoms with Gasteiger partial charge in [0, 0.05) is 11.3 Å². The quantitative estimate of drug-likeness (QED) is 0.615. The predicted molar refractivity (Wildman–Crippen MR) is 119 cm³/mol. The summed E-state index contributed by atoms with van der Waals surface area (Å²) in [6, 6.07) is 7.23. The van der Waals surface area contributed by atoms with Crippen LogP contribution >= 0.6 is 0 Å². The Hall–Kier alpha value is -2.14. The number of hydrogen-bond acceptors (Lipinski definition) is 4. The Labute approximate surface area is 183 Å². The van der Waals surface area contributed by atoms with Crippen LogP contribution in [0, 0.1) is 28.6 Å². The molecular weight excluding hydrogens is 390 g/mol. The topological polar surface area (TPSA) is 86.6 Å². The van der Waals surface area contributed by atoms with Crippen LogP contribution in [-0.4, -0.2) is 34.1 Å². The first-order chi connectivity index (χ1) is 14.7. The van der Waals surface area contributed by atoms with Crippen LogP contribution in [0.25, 0.3) is 0 Å². The SMILES string of the molecule is CC1(C(=O)O)CCC2C(CC=C3CC(O)CCC32C)C1CC1Nc2ccccc2C1=O. The summed E-state index contributed by atoms with van der Waals surface area (Å²) in [5.74, 6) is -0.0585. The molecule has 0 aromatic heterocycles. The number of ketones is 1. The third-order valence-electron chi connectivity index (χ3n) is 9.28. The Balaban J connectivity index is 1.48. The van der Waals surface area contributed by atoms with Crippen molar-refractivity contribution in [3.05, 3.63) is 41.5 Å². The fourth-order valence-corrected chi connectivity index (χ4v) is 7.35. The molecule has 0 bridgehead atoms. The molecule has 1 heterocycles. The van der Waals surface area contributed by atoms with E-state index in [2.05, 4.69) is 18.3 Å². The largest absolute Gasteiger partial charge is 0.481 e. The van der Waals surface area contributed by atoms with E-state index in [1.165, 1.54) is 5.57 Å². The summed E-state index contributed by atoms with van der Waals surface area (Å²) in [7, 11) is 0. The summed E-state index contributed by atoms with van der Waals surface area (Å²) in [5.41, 5.74) is 2.16. The number of Topliss-reactive ketones (excluding diaryl/α,β-unsaturated/α-hetero) is 1. The molecule has 0 amide bonds. The van der Waals surface area contributed by atoms with Crippen LogP contribution in [-0.2, 0) is 4.79 Å². The van der Waals surface area contributed by atoms with Crippen LogP contribution < -0.4 is 5.32 Å². The maximum Gasteiger partial charge on any atom is 0.309 e. The highest BCUT2D eigenvalue weighted by molar-refractivity contribution is 6.10. The molecule has 5 heteroatoms.